The number of nitrogens with one attached hydrogen (secondary N) is 1. The van der Waals surface area contributed by atoms with Crippen LogP contribution in [0, 0.1) is 5.92 Å². The number of carbonyl (C=O) groups is 3. The quantitative estimate of drug-likeness (QED) is 0.580. The average molecular weight is 442 g/mol. The lowest BCUT2D eigenvalue weighted by molar-refractivity contribution is -0.192. The van der Waals surface area contributed by atoms with Crippen molar-refractivity contribution in [2.75, 3.05) is 5.32 Å². The molecular weight excluding hydrogens is 417 g/mol. The number of nitrogens with two attached hydrogens (primary N) is 1. The van der Waals surface area contributed by atoms with E-state index in [2.05, 4.69) is 5.32 Å². The highest BCUT2D eigenvalue weighted by Gasteiger charge is 2.38. The lowest BCUT2D eigenvalue weighted by atomic mass is 10.0. The Kier molecular flexibility index (Phi) is 9.94. The van der Waals surface area contributed by atoms with E-state index in [1.807, 2.05) is 50.3 Å². The van der Waals surface area contributed by atoms with E-state index in [1.165, 1.54) is 6.08 Å². The van der Waals surface area contributed by atoms with Crippen molar-refractivity contribution in [2.45, 2.75) is 45.0 Å². The number of cyclic esters (lactones) is 1. The Hall–Kier alpha value is -3.14. The molecular formula is C21H25F3N2O5. The van der Waals surface area contributed by atoms with Crippen LogP contribution in [0.25, 0.3) is 6.08 Å². The van der Waals surface area contributed by atoms with Crippen LogP contribution in [-0.4, -0.2) is 41.3 Å². The zero-order valence-corrected chi connectivity index (χ0v) is 17.1. The molecule has 1 amide bonds. The highest BCUT2D eigenvalue weighted by atomic mass is 19.4. The van der Waals surface area contributed by atoms with Gasteiger partial charge in [0.05, 0.1) is 6.04 Å². The Labute approximate surface area is 177 Å². The first kappa shape index (κ1) is 25.9. The third kappa shape index (κ3) is 9.94. The topological polar surface area (TPSA) is 119 Å². The number of rotatable bonds is 6. The van der Waals surface area contributed by atoms with Gasteiger partial charge in [0, 0.05) is 18.2 Å². The van der Waals surface area contributed by atoms with Crippen LogP contribution in [0.5, 0.6) is 0 Å². The van der Waals surface area contributed by atoms with Gasteiger partial charge in [-0.15, -0.1) is 0 Å². The molecule has 10 heteroatoms. The maximum Gasteiger partial charge on any atom is 0.490 e. The van der Waals surface area contributed by atoms with Crippen molar-refractivity contribution in [2.24, 2.45) is 11.7 Å². The highest BCUT2D eigenvalue weighted by Crippen LogP contribution is 2.19. The molecule has 2 rings (SSSR count). The number of carboxylic acid groups (broad SMARTS) is 1. The number of hydrogen-bond acceptors (Lipinski definition) is 5. The van der Waals surface area contributed by atoms with Gasteiger partial charge in [0.2, 0.25) is 5.91 Å². The third-order valence-electron chi connectivity index (χ3n) is 3.90. The van der Waals surface area contributed by atoms with Crippen molar-refractivity contribution in [1.29, 1.82) is 0 Å². The maximum atomic E-state index is 12.2. The van der Waals surface area contributed by atoms with Gasteiger partial charge in [-0.3, -0.25) is 4.79 Å². The van der Waals surface area contributed by atoms with Gasteiger partial charge in [0.15, 0.2) is 0 Å². The summed E-state index contributed by atoms with van der Waals surface area (Å²) in [5.74, 6) is -2.93. The van der Waals surface area contributed by atoms with Crippen LogP contribution >= 0.6 is 0 Å². The van der Waals surface area contributed by atoms with Crippen molar-refractivity contribution in [1.82, 2.24) is 0 Å². The predicted molar refractivity (Wildman–Crippen MR) is 109 cm³/mol. The number of benzene rings is 1. The minimum absolute atomic E-state index is 0.198. The van der Waals surface area contributed by atoms with E-state index >= 15 is 0 Å². The van der Waals surface area contributed by atoms with E-state index in [0.717, 1.165) is 5.56 Å². The second kappa shape index (κ2) is 11.9. The van der Waals surface area contributed by atoms with E-state index in [0.29, 0.717) is 24.4 Å². The molecule has 4 N–H and O–H groups in total. The van der Waals surface area contributed by atoms with Crippen molar-refractivity contribution >= 4 is 29.6 Å². The van der Waals surface area contributed by atoms with Gasteiger partial charge < -0.3 is 20.9 Å². The lowest BCUT2D eigenvalue weighted by Gasteiger charge is -2.16. The monoisotopic (exact) mass is 442 g/mol. The third-order valence-corrected chi connectivity index (χ3v) is 3.90. The van der Waals surface area contributed by atoms with Crippen molar-refractivity contribution < 1.29 is 37.4 Å². The molecule has 0 saturated heterocycles. The average Bonchev–Trinajstić information content (AvgIpc) is 2.66. The molecule has 31 heavy (non-hydrogen) atoms. The van der Waals surface area contributed by atoms with Gasteiger partial charge in [0.1, 0.15) is 6.10 Å². The van der Waals surface area contributed by atoms with Gasteiger partial charge in [0.25, 0.3) is 0 Å². The summed E-state index contributed by atoms with van der Waals surface area (Å²) in [5.41, 5.74) is 7.46. The zero-order chi connectivity index (χ0) is 23.6. The number of ether oxygens (including phenoxy) is 1. The van der Waals surface area contributed by atoms with Gasteiger partial charge in [-0.25, -0.2) is 9.59 Å². The number of alkyl halides is 3. The molecule has 0 fully saturated rings. The number of esters is 1. The van der Waals surface area contributed by atoms with Crippen molar-refractivity contribution in [3.05, 3.63) is 48.1 Å². The summed E-state index contributed by atoms with van der Waals surface area (Å²) < 4.78 is 36.9. The van der Waals surface area contributed by atoms with Gasteiger partial charge in [-0.05, 0) is 30.0 Å². The number of carboxylic acids is 1. The number of amides is 1. The summed E-state index contributed by atoms with van der Waals surface area (Å²) in [6.45, 7) is 4.06. The van der Waals surface area contributed by atoms with Crippen LogP contribution in [0.4, 0.5) is 18.9 Å². The molecule has 0 unspecified atom stereocenters. The van der Waals surface area contributed by atoms with Gasteiger partial charge in [-0.1, -0.05) is 44.2 Å². The summed E-state index contributed by atoms with van der Waals surface area (Å²) in [6.07, 6.45) is 2.80. The normalized spacial score (nSPS) is 17.0. The van der Waals surface area contributed by atoms with Crippen LogP contribution in [0.1, 0.15) is 32.3 Å². The second-order valence-corrected chi connectivity index (χ2v) is 7.09. The largest absolute Gasteiger partial charge is 0.490 e. The standard InChI is InChI=1S/C19H24N2O3.C2HF3O2/c1-13(2)12-16(20)19(23)21-17-8-4-3-6-14(17)10-11-15-7-5-9-18(22)24-15;3-2(4,5)1(6)7/h3-6,8-11,13,15-16H,7,12,20H2,1-2H3,(H,21,23);(H,6,7)/b11-10+;/t15-,16+;/m1./s1. The number of carbonyl (C=O) groups excluding carboxylic acids is 2. The van der Waals surface area contributed by atoms with Crippen LogP contribution in [0.2, 0.25) is 0 Å². The molecule has 0 saturated carbocycles. The highest BCUT2D eigenvalue weighted by molar-refractivity contribution is 5.96. The predicted octanol–water partition coefficient (Wildman–Crippen LogP) is 3.52. The number of hydrogen-bond donors (Lipinski definition) is 3. The first-order chi connectivity index (χ1) is 14.4. The Morgan fingerprint density at radius 3 is 2.48 bits per heavy atom. The number of para-hydroxylation sites is 1. The molecule has 1 aromatic rings. The zero-order valence-electron chi connectivity index (χ0n) is 17.1. The SMILES string of the molecule is CC(C)C[C@H](N)C(=O)Nc1ccccc1/C=C/[C@H]1CC=CC(=O)O1.O=C(O)C(F)(F)F. The second-order valence-electron chi connectivity index (χ2n) is 7.09. The molecule has 0 radical (unpaired) electrons. The lowest BCUT2D eigenvalue weighted by Crippen LogP contribution is -2.36. The van der Waals surface area contributed by atoms with E-state index < -0.39 is 18.2 Å². The van der Waals surface area contributed by atoms with E-state index in [-0.39, 0.29) is 18.0 Å². The van der Waals surface area contributed by atoms with E-state index in [4.69, 9.17) is 20.4 Å². The summed E-state index contributed by atoms with van der Waals surface area (Å²) in [4.78, 5) is 32.4. The molecule has 0 spiro atoms. The Morgan fingerprint density at radius 2 is 1.94 bits per heavy atom. The fourth-order valence-corrected chi connectivity index (χ4v) is 2.46. The van der Waals surface area contributed by atoms with E-state index in [9.17, 15) is 22.8 Å². The molecule has 1 aromatic carbocycles. The molecule has 2 atom stereocenters. The van der Waals surface area contributed by atoms with Crippen LogP contribution in [0.15, 0.2) is 42.5 Å². The maximum absolute atomic E-state index is 12.2. The van der Waals surface area contributed by atoms with Crippen molar-refractivity contribution in [3.8, 4) is 0 Å². The van der Waals surface area contributed by atoms with Crippen LogP contribution in [-0.2, 0) is 19.1 Å². The number of halogens is 3. The molecule has 0 aromatic heterocycles. The molecule has 7 nitrogen and oxygen atoms in total. The molecule has 170 valence electrons. The number of aliphatic carboxylic acids is 1. The summed E-state index contributed by atoms with van der Waals surface area (Å²) in [5, 5.41) is 10.0. The minimum atomic E-state index is -5.08. The van der Waals surface area contributed by atoms with Gasteiger partial charge >= 0.3 is 18.1 Å². The summed E-state index contributed by atoms with van der Waals surface area (Å²) in [6, 6.07) is 6.92. The van der Waals surface area contributed by atoms with Crippen LogP contribution < -0.4 is 11.1 Å². The fourth-order valence-electron chi connectivity index (χ4n) is 2.46. The Morgan fingerprint density at radius 1 is 1.32 bits per heavy atom. The van der Waals surface area contributed by atoms with Crippen molar-refractivity contribution in [3.63, 3.8) is 0 Å². The Balaban J connectivity index is 0.000000592. The summed E-state index contributed by atoms with van der Waals surface area (Å²) >= 11 is 0. The first-order valence-corrected chi connectivity index (χ1v) is 9.41. The Bertz CT molecular complexity index is 835. The minimum Gasteiger partial charge on any atom is -0.475 e. The van der Waals surface area contributed by atoms with E-state index in [1.54, 1.807) is 6.08 Å². The fraction of sp³-hybridized carbons (Fsp3) is 0.381. The van der Waals surface area contributed by atoms with Crippen LogP contribution in [0.3, 0.4) is 0 Å². The number of anilines is 1. The summed E-state index contributed by atoms with van der Waals surface area (Å²) in [7, 11) is 0. The molecule has 0 aliphatic carbocycles. The molecule has 1 aliphatic rings. The van der Waals surface area contributed by atoms with Gasteiger partial charge in [-0.2, -0.15) is 13.2 Å². The molecule has 0 bridgehead atoms. The first-order valence-electron chi connectivity index (χ1n) is 9.41. The molecule has 1 aliphatic heterocycles. The smallest absolute Gasteiger partial charge is 0.475 e. The molecule has 1 heterocycles.